The summed E-state index contributed by atoms with van der Waals surface area (Å²) in [4.78, 5) is 43.9. The summed E-state index contributed by atoms with van der Waals surface area (Å²) in [6.07, 6.45) is -4.72. The third kappa shape index (κ3) is 4.77. The predicted molar refractivity (Wildman–Crippen MR) is 134 cm³/mol. The first kappa shape index (κ1) is 27.5. The number of hydrogen-bond donors (Lipinski definition) is 1. The van der Waals surface area contributed by atoms with Crippen molar-refractivity contribution in [3.63, 3.8) is 0 Å². The van der Waals surface area contributed by atoms with Gasteiger partial charge in [0.2, 0.25) is 0 Å². The van der Waals surface area contributed by atoms with Crippen molar-refractivity contribution in [2.45, 2.75) is 45.0 Å². The molecular formula is C27H25F5N4O4. The van der Waals surface area contributed by atoms with Crippen molar-refractivity contribution in [2.75, 3.05) is 25.0 Å². The van der Waals surface area contributed by atoms with E-state index in [0.29, 0.717) is 5.69 Å². The molecule has 1 saturated carbocycles. The van der Waals surface area contributed by atoms with E-state index in [-0.39, 0.29) is 66.2 Å². The summed E-state index contributed by atoms with van der Waals surface area (Å²) in [5, 5.41) is 8.96. The van der Waals surface area contributed by atoms with Crippen molar-refractivity contribution in [1.82, 2.24) is 14.5 Å². The van der Waals surface area contributed by atoms with E-state index in [4.69, 9.17) is 5.11 Å². The molecule has 2 aromatic carbocycles. The number of aliphatic carboxylic acids is 1. The number of hydrogen-bond acceptors (Lipinski definition) is 5. The van der Waals surface area contributed by atoms with Crippen molar-refractivity contribution < 1.29 is 36.6 Å². The number of carbonyl (C=O) groups is 2. The van der Waals surface area contributed by atoms with Gasteiger partial charge in [0.1, 0.15) is 12.4 Å². The molecule has 2 fully saturated rings. The van der Waals surface area contributed by atoms with Crippen LogP contribution >= 0.6 is 0 Å². The van der Waals surface area contributed by atoms with E-state index in [1.165, 1.54) is 35.9 Å². The van der Waals surface area contributed by atoms with Crippen LogP contribution in [0.4, 0.5) is 27.6 Å². The van der Waals surface area contributed by atoms with Gasteiger partial charge >= 0.3 is 12.1 Å². The van der Waals surface area contributed by atoms with Crippen LogP contribution in [0, 0.1) is 12.3 Å². The fraction of sp³-hybridized carbons (Fsp3) is 0.407. The van der Waals surface area contributed by atoms with Crippen LogP contribution in [0.1, 0.15) is 40.2 Å². The highest BCUT2D eigenvalue weighted by molar-refractivity contribution is 5.95. The van der Waals surface area contributed by atoms with E-state index in [1.54, 1.807) is 12.1 Å². The van der Waals surface area contributed by atoms with Gasteiger partial charge in [-0.1, -0.05) is 0 Å². The Hall–Kier alpha value is -4.03. The quantitative estimate of drug-likeness (QED) is 0.449. The molecule has 1 aromatic heterocycles. The van der Waals surface area contributed by atoms with Crippen LogP contribution in [0.5, 0.6) is 0 Å². The van der Waals surface area contributed by atoms with Gasteiger partial charge in [-0.05, 0) is 55.3 Å². The number of rotatable bonds is 6. The van der Waals surface area contributed by atoms with Crippen LogP contribution in [0.15, 0.2) is 41.2 Å². The van der Waals surface area contributed by atoms with E-state index in [9.17, 15) is 36.3 Å². The van der Waals surface area contributed by atoms with Crippen molar-refractivity contribution >= 4 is 28.5 Å². The fourth-order valence-corrected chi connectivity index (χ4v) is 5.40. The Balaban J connectivity index is 1.40. The predicted octanol–water partition coefficient (Wildman–Crippen LogP) is 4.32. The number of benzene rings is 2. The third-order valence-corrected chi connectivity index (χ3v) is 7.78. The molecule has 1 amide bonds. The highest BCUT2D eigenvalue weighted by Crippen LogP contribution is 2.65. The van der Waals surface area contributed by atoms with Crippen molar-refractivity contribution in [3.05, 3.63) is 69.3 Å². The number of nitrogens with zero attached hydrogens (tertiary/aromatic N) is 4. The lowest BCUT2D eigenvalue weighted by Crippen LogP contribution is -2.30. The summed E-state index contributed by atoms with van der Waals surface area (Å²) in [7, 11) is 1.54. The standard InChI is InChI=1S/C27H25F5N4O4/c1-15-33-21-10-20(27(30,31)32)17(9-19(21)24(40)36(15)12-22(37)38)11-34(2)18-5-3-16(4-6-18)23(39)35-8-7-25(14-35)13-26(25,28)29/h3-6,9-10H,7-8,11-14H2,1-2H3,(H,37,38). The Morgan fingerprint density at radius 3 is 2.35 bits per heavy atom. The van der Waals surface area contributed by atoms with Gasteiger partial charge in [0, 0.05) is 44.4 Å². The van der Waals surface area contributed by atoms with Gasteiger partial charge < -0.3 is 14.9 Å². The molecule has 8 nitrogen and oxygen atoms in total. The summed E-state index contributed by atoms with van der Waals surface area (Å²) >= 11 is 0. The number of likely N-dealkylation sites (tertiary alicyclic amines) is 1. The zero-order valence-electron chi connectivity index (χ0n) is 21.6. The first-order chi connectivity index (χ1) is 18.6. The van der Waals surface area contributed by atoms with Crippen molar-refractivity contribution in [3.8, 4) is 0 Å². The lowest BCUT2D eigenvalue weighted by molar-refractivity contribution is -0.138. The molecule has 1 N–H and O–H groups in total. The monoisotopic (exact) mass is 564 g/mol. The fourth-order valence-electron chi connectivity index (χ4n) is 5.40. The zero-order valence-corrected chi connectivity index (χ0v) is 21.6. The Morgan fingerprint density at radius 1 is 1.15 bits per heavy atom. The van der Waals surface area contributed by atoms with Gasteiger partial charge in [0.05, 0.1) is 21.9 Å². The number of carbonyl (C=O) groups excluding carboxylic acids is 1. The SMILES string of the molecule is Cc1nc2cc(C(F)(F)F)c(CN(C)c3ccc(C(=O)N4CCC5(C4)CC5(F)F)cc3)cc2c(=O)n1CC(=O)O. The molecule has 2 heterocycles. The number of halogens is 5. The molecule has 0 radical (unpaired) electrons. The van der Waals surface area contributed by atoms with Gasteiger partial charge in [-0.3, -0.25) is 19.0 Å². The number of amides is 1. The number of anilines is 1. The minimum Gasteiger partial charge on any atom is -0.480 e. The highest BCUT2D eigenvalue weighted by atomic mass is 19.4. The highest BCUT2D eigenvalue weighted by Gasteiger charge is 2.73. The molecule has 5 rings (SSSR count). The molecule has 1 aliphatic heterocycles. The number of aryl methyl sites for hydroxylation is 1. The molecule has 1 aliphatic carbocycles. The average Bonchev–Trinajstić information content (AvgIpc) is 3.17. The molecule has 1 atom stereocenters. The molecule has 1 saturated heterocycles. The molecule has 13 heteroatoms. The van der Waals surface area contributed by atoms with E-state index in [2.05, 4.69) is 4.98 Å². The first-order valence-corrected chi connectivity index (χ1v) is 12.4. The Kier molecular flexibility index (Phi) is 6.38. The van der Waals surface area contributed by atoms with Gasteiger partial charge in [-0.2, -0.15) is 13.2 Å². The molecule has 1 spiro atoms. The Labute approximate surface area is 224 Å². The summed E-state index contributed by atoms with van der Waals surface area (Å²) in [6.45, 7) is 0.617. The molecule has 212 valence electrons. The van der Waals surface area contributed by atoms with E-state index in [0.717, 1.165) is 16.7 Å². The minimum absolute atomic E-state index is 0.00871. The minimum atomic E-state index is -4.75. The largest absolute Gasteiger partial charge is 0.480 e. The maximum atomic E-state index is 14.0. The number of aromatic nitrogens is 2. The Morgan fingerprint density at radius 2 is 1.80 bits per heavy atom. The van der Waals surface area contributed by atoms with Crippen LogP contribution in [-0.2, 0) is 24.1 Å². The summed E-state index contributed by atoms with van der Waals surface area (Å²) in [5.74, 6) is -4.45. The maximum absolute atomic E-state index is 14.0. The summed E-state index contributed by atoms with van der Waals surface area (Å²) in [5.41, 5.74) is -2.54. The first-order valence-electron chi connectivity index (χ1n) is 12.4. The lowest BCUT2D eigenvalue weighted by atomic mass is 10.0. The van der Waals surface area contributed by atoms with E-state index < -0.39 is 41.2 Å². The second-order valence-electron chi connectivity index (χ2n) is 10.5. The van der Waals surface area contributed by atoms with Crippen molar-refractivity contribution in [2.24, 2.45) is 5.41 Å². The maximum Gasteiger partial charge on any atom is 0.416 e. The number of fused-ring (bicyclic) bond motifs is 1. The topological polar surface area (TPSA) is 95.7 Å². The van der Waals surface area contributed by atoms with Crippen LogP contribution in [-0.4, -0.2) is 57.5 Å². The molecule has 3 aromatic rings. The van der Waals surface area contributed by atoms with Crippen LogP contribution in [0.3, 0.4) is 0 Å². The van der Waals surface area contributed by atoms with E-state index >= 15 is 0 Å². The van der Waals surface area contributed by atoms with Gasteiger partial charge in [0.15, 0.2) is 0 Å². The molecule has 0 bridgehead atoms. The second-order valence-corrected chi connectivity index (χ2v) is 10.5. The number of carboxylic acids is 1. The third-order valence-electron chi connectivity index (χ3n) is 7.78. The number of alkyl halides is 5. The molecular weight excluding hydrogens is 539 g/mol. The van der Waals surface area contributed by atoms with Crippen LogP contribution < -0.4 is 10.5 Å². The lowest BCUT2D eigenvalue weighted by Gasteiger charge is -2.23. The molecule has 40 heavy (non-hydrogen) atoms. The average molecular weight is 565 g/mol. The summed E-state index contributed by atoms with van der Waals surface area (Å²) < 4.78 is 70.2. The zero-order chi connectivity index (χ0) is 29.2. The molecule has 2 aliphatic rings. The van der Waals surface area contributed by atoms with Crippen molar-refractivity contribution in [1.29, 1.82) is 0 Å². The smallest absolute Gasteiger partial charge is 0.416 e. The molecule has 1 unspecified atom stereocenters. The van der Waals surface area contributed by atoms with E-state index in [1.807, 2.05) is 0 Å². The van der Waals surface area contributed by atoms with Crippen LogP contribution in [0.2, 0.25) is 0 Å². The normalized spacial score (nSPS) is 19.8. The summed E-state index contributed by atoms with van der Waals surface area (Å²) in [6, 6.07) is 7.94. The number of carboxylic acid groups (broad SMARTS) is 1. The Bertz CT molecular complexity index is 1590. The van der Waals surface area contributed by atoms with Crippen LogP contribution in [0.25, 0.3) is 10.9 Å². The van der Waals surface area contributed by atoms with Gasteiger partial charge in [-0.25, -0.2) is 13.8 Å². The second kappa shape index (κ2) is 9.27. The van der Waals surface area contributed by atoms with Gasteiger partial charge in [0.25, 0.3) is 17.4 Å². The van der Waals surface area contributed by atoms with Gasteiger partial charge in [-0.15, -0.1) is 0 Å².